The predicted octanol–water partition coefficient (Wildman–Crippen LogP) is 2.13. The Morgan fingerprint density at radius 2 is 2.00 bits per heavy atom. The van der Waals surface area contributed by atoms with Crippen LogP contribution in [0.3, 0.4) is 0 Å². The van der Waals surface area contributed by atoms with Crippen molar-refractivity contribution in [3.8, 4) is 5.75 Å². The fraction of sp³-hybridized carbons (Fsp3) is 0.278. The fourth-order valence-electron chi connectivity index (χ4n) is 2.23. The number of nitrogens with one attached hydrogen (secondary N) is 1. The average molecular weight is 328 g/mol. The molecule has 1 N–H and O–H groups in total. The molecule has 6 nitrogen and oxygen atoms in total. The van der Waals surface area contributed by atoms with Gasteiger partial charge in [-0.15, -0.1) is 0 Å². The van der Waals surface area contributed by atoms with E-state index in [1.54, 1.807) is 30.6 Å². The number of hydrogen-bond donors (Lipinski definition) is 1. The molecule has 6 heteroatoms. The monoisotopic (exact) mass is 328 g/mol. The predicted molar refractivity (Wildman–Crippen MR) is 88.7 cm³/mol. The minimum atomic E-state index is -0.475. The van der Waals surface area contributed by atoms with Gasteiger partial charge in [0.2, 0.25) is 5.91 Å². The van der Waals surface area contributed by atoms with Crippen molar-refractivity contribution in [3.05, 3.63) is 59.4 Å². The topological polar surface area (TPSA) is 77.5 Å². The molecule has 2 rings (SSSR count). The molecule has 2 aromatic rings. The highest BCUT2D eigenvalue weighted by Gasteiger charge is 2.13. The van der Waals surface area contributed by atoms with E-state index in [-0.39, 0.29) is 5.91 Å². The van der Waals surface area contributed by atoms with Crippen LogP contribution in [0.15, 0.2) is 42.7 Å². The molecular weight excluding hydrogens is 308 g/mol. The van der Waals surface area contributed by atoms with Gasteiger partial charge in [0.15, 0.2) is 0 Å². The summed E-state index contributed by atoms with van der Waals surface area (Å²) in [5, 5.41) is 2.84. The number of hydrogen-bond acceptors (Lipinski definition) is 5. The van der Waals surface area contributed by atoms with Gasteiger partial charge in [-0.3, -0.25) is 9.78 Å². The number of aromatic nitrogens is 1. The van der Waals surface area contributed by atoms with E-state index in [0.29, 0.717) is 30.7 Å². The van der Waals surface area contributed by atoms with Gasteiger partial charge in [0.1, 0.15) is 11.3 Å². The summed E-state index contributed by atoms with van der Waals surface area (Å²) in [7, 11) is 2.80. The smallest absolute Gasteiger partial charge is 0.341 e. The molecule has 0 aliphatic rings. The first-order chi connectivity index (χ1) is 11.6. The number of ether oxygens (including phenoxy) is 2. The average Bonchev–Trinajstić information content (AvgIpc) is 2.64. The molecule has 1 heterocycles. The summed E-state index contributed by atoms with van der Waals surface area (Å²) in [5.41, 5.74) is 2.15. The summed E-state index contributed by atoms with van der Waals surface area (Å²) in [6, 6.07) is 8.92. The molecule has 1 amide bonds. The van der Waals surface area contributed by atoms with Crippen molar-refractivity contribution in [1.82, 2.24) is 10.3 Å². The molecule has 0 saturated heterocycles. The van der Waals surface area contributed by atoms with Gasteiger partial charge in [0, 0.05) is 25.4 Å². The van der Waals surface area contributed by atoms with E-state index in [0.717, 1.165) is 11.1 Å². The third-order valence-corrected chi connectivity index (χ3v) is 3.52. The number of aryl methyl sites for hydroxylation is 1. The van der Waals surface area contributed by atoms with Gasteiger partial charge in [-0.2, -0.15) is 0 Å². The maximum atomic E-state index is 11.9. The zero-order chi connectivity index (χ0) is 17.4. The van der Waals surface area contributed by atoms with Crippen molar-refractivity contribution >= 4 is 11.9 Å². The summed E-state index contributed by atoms with van der Waals surface area (Å²) >= 11 is 0. The van der Waals surface area contributed by atoms with Gasteiger partial charge in [-0.1, -0.05) is 12.1 Å². The summed E-state index contributed by atoms with van der Waals surface area (Å²) in [6.07, 6.45) is 4.47. The van der Waals surface area contributed by atoms with Crippen LogP contribution in [0.4, 0.5) is 0 Å². The Hall–Kier alpha value is -2.89. The SMILES string of the molecule is COC(=O)c1cc(CNC(=O)CCc2cccnc2)ccc1OC. The van der Waals surface area contributed by atoms with Crippen LogP contribution in [-0.4, -0.2) is 31.1 Å². The standard InChI is InChI=1S/C18H20N2O4/c1-23-16-7-5-14(10-15(16)18(22)24-2)12-20-17(21)8-6-13-4-3-9-19-11-13/h3-5,7,9-11H,6,8,12H2,1-2H3,(H,20,21). The summed E-state index contributed by atoms with van der Waals surface area (Å²) in [4.78, 5) is 27.7. The lowest BCUT2D eigenvalue weighted by Gasteiger charge is -2.10. The zero-order valence-corrected chi connectivity index (χ0v) is 13.7. The van der Waals surface area contributed by atoms with Gasteiger partial charge in [-0.25, -0.2) is 4.79 Å². The van der Waals surface area contributed by atoms with Crippen LogP contribution in [-0.2, 0) is 22.5 Å². The van der Waals surface area contributed by atoms with E-state index >= 15 is 0 Å². The molecular formula is C18H20N2O4. The molecule has 0 saturated carbocycles. The summed E-state index contributed by atoms with van der Waals surface area (Å²) in [5.74, 6) is -0.0978. The minimum absolute atomic E-state index is 0.0608. The van der Waals surface area contributed by atoms with Crippen molar-refractivity contribution in [2.24, 2.45) is 0 Å². The number of carbonyl (C=O) groups is 2. The first-order valence-electron chi connectivity index (χ1n) is 7.55. The Kier molecular flexibility index (Phi) is 6.31. The van der Waals surface area contributed by atoms with Crippen molar-refractivity contribution in [2.45, 2.75) is 19.4 Å². The minimum Gasteiger partial charge on any atom is -0.496 e. The van der Waals surface area contributed by atoms with Crippen LogP contribution in [0.2, 0.25) is 0 Å². The van der Waals surface area contributed by atoms with E-state index < -0.39 is 5.97 Å². The highest BCUT2D eigenvalue weighted by molar-refractivity contribution is 5.92. The van der Waals surface area contributed by atoms with E-state index in [2.05, 4.69) is 10.3 Å². The number of methoxy groups -OCH3 is 2. The second-order valence-electron chi connectivity index (χ2n) is 5.16. The normalized spacial score (nSPS) is 10.1. The highest BCUT2D eigenvalue weighted by Crippen LogP contribution is 2.20. The first kappa shape index (κ1) is 17.5. The molecule has 1 aromatic heterocycles. The van der Waals surface area contributed by atoms with Gasteiger partial charge >= 0.3 is 5.97 Å². The number of benzene rings is 1. The van der Waals surface area contributed by atoms with Crippen molar-refractivity contribution in [2.75, 3.05) is 14.2 Å². The molecule has 0 unspecified atom stereocenters. The fourth-order valence-corrected chi connectivity index (χ4v) is 2.23. The van der Waals surface area contributed by atoms with E-state index in [1.807, 2.05) is 12.1 Å². The molecule has 0 aliphatic heterocycles. The van der Waals surface area contributed by atoms with Crippen LogP contribution >= 0.6 is 0 Å². The third kappa shape index (κ3) is 4.81. The Morgan fingerprint density at radius 1 is 1.17 bits per heavy atom. The second-order valence-corrected chi connectivity index (χ2v) is 5.16. The number of carbonyl (C=O) groups excluding carboxylic acids is 2. The molecule has 0 atom stereocenters. The Bertz CT molecular complexity index is 701. The lowest BCUT2D eigenvalue weighted by atomic mass is 10.1. The van der Waals surface area contributed by atoms with Gasteiger partial charge < -0.3 is 14.8 Å². The molecule has 126 valence electrons. The van der Waals surface area contributed by atoms with Crippen molar-refractivity contribution in [3.63, 3.8) is 0 Å². The highest BCUT2D eigenvalue weighted by atomic mass is 16.5. The maximum Gasteiger partial charge on any atom is 0.341 e. The van der Waals surface area contributed by atoms with Crippen LogP contribution < -0.4 is 10.1 Å². The quantitative estimate of drug-likeness (QED) is 0.788. The van der Waals surface area contributed by atoms with Crippen molar-refractivity contribution < 1.29 is 19.1 Å². The molecule has 24 heavy (non-hydrogen) atoms. The van der Waals surface area contributed by atoms with E-state index in [1.165, 1.54) is 14.2 Å². The molecule has 0 spiro atoms. The van der Waals surface area contributed by atoms with E-state index in [4.69, 9.17) is 9.47 Å². The van der Waals surface area contributed by atoms with Gasteiger partial charge in [-0.05, 0) is 35.7 Å². The number of pyridine rings is 1. The Balaban J connectivity index is 1.91. The van der Waals surface area contributed by atoms with E-state index in [9.17, 15) is 9.59 Å². The molecule has 0 radical (unpaired) electrons. The van der Waals surface area contributed by atoms with Crippen LogP contribution in [0.25, 0.3) is 0 Å². The molecule has 0 bridgehead atoms. The largest absolute Gasteiger partial charge is 0.496 e. The number of amides is 1. The maximum absolute atomic E-state index is 11.9. The first-order valence-corrected chi connectivity index (χ1v) is 7.55. The number of rotatable bonds is 7. The van der Waals surface area contributed by atoms with Crippen LogP contribution in [0.1, 0.15) is 27.9 Å². The van der Waals surface area contributed by atoms with Gasteiger partial charge in [0.25, 0.3) is 0 Å². The number of nitrogens with zero attached hydrogens (tertiary/aromatic N) is 1. The van der Waals surface area contributed by atoms with Crippen LogP contribution in [0.5, 0.6) is 5.75 Å². The Morgan fingerprint density at radius 3 is 2.67 bits per heavy atom. The lowest BCUT2D eigenvalue weighted by Crippen LogP contribution is -2.23. The second kappa shape index (κ2) is 8.67. The molecule has 1 aromatic carbocycles. The lowest BCUT2D eigenvalue weighted by molar-refractivity contribution is -0.121. The third-order valence-electron chi connectivity index (χ3n) is 3.52. The Labute approximate surface area is 140 Å². The zero-order valence-electron chi connectivity index (χ0n) is 13.7. The summed E-state index contributed by atoms with van der Waals surface area (Å²) in [6.45, 7) is 0.333. The molecule has 0 fully saturated rings. The number of esters is 1. The van der Waals surface area contributed by atoms with Crippen LogP contribution in [0, 0.1) is 0 Å². The van der Waals surface area contributed by atoms with Crippen molar-refractivity contribution in [1.29, 1.82) is 0 Å². The molecule has 0 aliphatic carbocycles. The van der Waals surface area contributed by atoms with Gasteiger partial charge in [0.05, 0.1) is 14.2 Å². The summed E-state index contributed by atoms with van der Waals surface area (Å²) < 4.78 is 9.88.